The Bertz CT molecular complexity index is 445. The van der Waals surface area contributed by atoms with Gasteiger partial charge in [-0.1, -0.05) is 18.2 Å². The lowest BCUT2D eigenvalue weighted by atomic mass is 10.0. The van der Waals surface area contributed by atoms with E-state index in [9.17, 15) is 18.3 Å². The largest absolute Gasteiger partial charge is 0.573 e. The average Bonchev–Trinajstić information content (AvgIpc) is 2.77. The van der Waals surface area contributed by atoms with Gasteiger partial charge in [0.25, 0.3) is 0 Å². The quantitative estimate of drug-likeness (QED) is 0.869. The summed E-state index contributed by atoms with van der Waals surface area (Å²) in [6.45, 7) is 1.16. The van der Waals surface area contributed by atoms with Crippen molar-refractivity contribution >= 4 is 0 Å². The van der Waals surface area contributed by atoms with Crippen LogP contribution in [0.3, 0.4) is 0 Å². The molecule has 1 aromatic rings. The van der Waals surface area contributed by atoms with Crippen LogP contribution in [0.25, 0.3) is 0 Å². The van der Waals surface area contributed by atoms with Gasteiger partial charge >= 0.3 is 6.36 Å². The maximum Gasteiger partial charge on any atom is 0.573 e. The summed E-state index contributed by atoms with van der Waals surface area (Å²) >= 11 is 0. The van der Waals surface area contributed by atoms with Crippen LogP contribution in [0, 0.1) is 0 Å². The predicted octanol–water partition coefficient (Wildman–Crippen LogP) is 1.83. The summed E-state index contributed by atoms with van der Waals surface area (Å²) < 4.78 is 45.8. The predicted molar refractivity (Wildman–Crippen MR) is 65.2 cm³/mol. The van der Waals surface area contributed by atoms with Crippen LogP contribution < -0.4 is 10.1 Å². The van der Waals surface area contributed by atoms with Crippen molar-refractivity contribution in [1.29, 1.82) is 0 Å². The molecule has 1 atom stereocenters. The minimum atomic E-state index is -4.71. The lowest BCUT2D eigenvalue weighted by molar-refractivity contribution is -0.274. The number of nitrogens with one attached hydrogen (secondary N) is 1. The van der Waals surface area contributed by atoms with Gasteiger partial charge in [-0.05, 0) is 6.07 Å². The standard InChI is InChI=1S/C13H16F3NO3/c14-13(15,16)20-11-4-2-1-3-10(11)7-17-8-12(18)5-6-19-9-12/h1-4,17-18H,5-9H2. The second-order valence-electron chi connectivity index (χ2n) is 4.79. The second-order valence-corrected chi connectivity index (χ2v) is 4.79. The third-order valence-electron chi connectivity index (χ3n) is 3.05. The van der Waals surface area contributed by atoms with Crippen LogP contribution in [0.5, 0.6) is 5.75 Å². The molecule has 1 saturated heterocycles. The molecule has 2 rings (SSSR count). The van der Waals surface area contributed by atoms with Crippen molar-refractivity contribution in [2.75, 3.05) is 19.8 Å². The van der Waals surface area contributed by atoms with Gasteiger partial charge < -0.3 is 19.9 Å². The summed E-state index contributed by atoms with van der Waals surface area (Å²) in [5.41, 5.74) is -0.563. The van der Waals surface area contributed by atoms with E-state index in [1.54, 1.807) is 12.1 Å². The molecule has 1 fully saturated rings. The number of rotatable bonds is 5. The molecule has 0 amide bonds. The first-order chi connectivity index (χ1) is 9.38. The normalized spacial score (nSPS) is 23.0. The van der Waals surface area contributed by atoms with Crippen molar-refractivity contribution < 1.29 is 27.8 Å². The lowest BCUT2D eigenvalue weighted by Gasteiger charge is -2.21. The number of benzene rings is 1. The Morgan fingerprint density at radius 1 is 1.35 bits per heavy atom. The van der Waals surface area contributed by atoms with E-state index in [2.05, 4.69) is 10.1 Å². The number of hydrogen-bond donors (Lipinski definition) is 2. The maximum atomic E-state index is 12.3. The molecular weight excluding hydrogens is 275 g/mol. The zero-order valence-corrected chi connectivity index (χ0v) is 10.7. The first kappa shape index (κ1) is 15.1. The number of hydrogen-bond acceptors (Lipinski definition) is 4. The molecule has 1 aromatic carbocycles. The molecular formula is C13H16F3NO3. The van der Waals surface area contributed by atoms with Crippen LogP contribution in [0.4, 0.5) is 13.2 Å². The average molecular weight is 291 g/mol. The summed E-state index contributed by atoms with van der Waals surface area (Å²) in [5, 5.41) is 13.0. The molecule has 2 N–H and O–H groups in total. The minimum Gasteiger partial charge on any atom is -0.405 e. The van der Waals surface area contributed by atoms with E-state index in [0.29, 0.717) is 18.6 Å². The van der Waals surface area contributed by atoms with Gasteiger partial charge in [0.2, 0.25) is 0 Å². The van der Waals surface area contributed by atoms with Gasteiger partial charge in [-0.15, -0.1) is 13.2 Å². The molecule has 4 nitrogen and oxygen atoms in total. The molecule has 1 heterocycles. The van der Waals surface area contributed by atoms with Crippen LogP contribution >= 0.6 is 0 Å². The maximum absolute atomic E-state index is 12.3. The summed E-state index contributed by atoms with van der Waals surface area (Å²) in [4.78, 5) is 0. The second kappa shape index (κ2) is 5.99. The van der Waals surface area contributed by atoms with E-state index in [0.717, 1.165) is 0 Å². The molecule has 0 aliphatic carbocycles. The monoisotopic (exact) mass is 291 g/mol. The van der Waals surface area contributed by atoms with E-state index in [1.807, 2.05) is 0 Å². The van der Waals surface area contributed by atoms with Gasteiger partial charge in [-0.25, -0.2) is 0 Å². The Morgan fingerprint density at radius 2 is 2.10 bits per heavy atom. The topological polar surface area (TPSA) is 50.7 Å². The number of ether oxygens (including phenoxy) is 2. The molecule has 1 unspecified atom stereocenters. The molecule has 7 heteroatoms. The Morgan fingerprint density at radius 3 is 2.75 bits per heavy atom. The smallest absolute Gasteiger partial charge is 0.405 e. The first-order valence-electron chi connectivity index (χ1n) is 6.22. The summed E-state index contributed by atoms with van der Waals surface area (Å²) in [7, 11) is 0. The van der Waals surface area contributed by atoms with Crippen LogP contribution in [0.2, 0.25) is 0 Å². The van der Waals surface area contributed by atoms with Crippen LogP contribution in [-0.4, -0.2) is 36.8 Å². The first-order valence-corrected chi connectivity index (χ1v) is 6.22. The van der Waals surface area contributed by atoms with Gasteiger partial charge in [0.1, 0.15) is 11.4 Å². The molecule has 0 saturated carbocycles. The van der Waals surface area contributed by atoms with Crippen LogP contribution in [-0.2, 0) is 11.3 Å². The van der Waals surface area contributed by atoms with Crippen molar-refractivity contribution in [2.45, 2.75) is 24.9 Å². The summed E-state index contributed by atoms with van der Waals surface area (Å²) in [6, 6.07) is 5.91. The molecule has 20 heavy (non-hydrogen) atoms. The third kappa shape index (κ3) is 4.36. The summed E-state index contributed by atoms with van der Waals surface area (Å²) in [5.74, 6) is -0.234. The third-order valence-corrected chi connectivity index (χ3v) is 3.05. The van der Waals surface area contributed by atoms with Crippen LogP contribution in [0.15, 0.2) is 24.3 Å². The highest BCUT2D eigenvalue weighted by Gasteiger charge is 2.33. The summed E-state index contributed by atoms with van der Waals surface area (Å²) in [6.07, 6.45) is -4.20. The molecule has 0 aromatic heterocycles. The van der Waals surface area contributed by atoms with Crippen molar-refractivity contribution in [3.63, 3.8) is 0 Å². The number of aliphatic hydroxyl groups is 1. The Labute approximate surface area is 114 Å². The van der Waals surface area contributed by atoms with Crippen molar-refractivity contribution in [3.8, 4) is 5.75 Å². The fourth-order valence-electron chi connectivity index (χ4n) is 2.04. The molecule has 0 spiro atoms. The number of alkyl halides is 3. The van der Waals surface area contributed by atoms with Crippen LogP contribution in [0.1, 0.15) is 12.0 Å². The highest BCUT2D eigenvalue weighted by atomic mass is 19.4. The molecule has 1 aliphatic heterocycles. The minimum absolute atomic E-state index is 0.175. The van der Waals surface area contributed by atoms with Crippen molar-refractivity contribution in [3.05, 3.63) is 29.8 Å². The molecule has 0 bridgehead atoms. The van der Waals surface area contributed by atoms with E-state index in [4.69, 9.17) is 4.74 Å². The van der Waals surface area contributed by atoms with Gasteiger partial charge in [-0.2, -0.15) is 0 Å². The fraction of sp³-hybridized carbons (Fsp3) is 0.538. The molecule has 112 valence electrons. The SMILES string of the molecule is OC1(CNCc2ccccc2OC(F)(F)F)CCOC1. The van der Waals surface area contributed by atoms with Gasteiger partial charge in [0.05, 0.1) is 6.61 Å². The van der Waals surface area contributed by atoms with E-state index < -0.39 is 12.0 Å². The fourth-order valence-corrected chi connectivity index (χ4v) is 2.04. The van der Waals surface area contributed by atoms with Gasteiger partial charge in [0, 0.05) is 31.7 Å². The Balaban J connectivity index is 1.92. The molecule has 1 aliphatic rings. The zero-order chi connectivity index (χ0) is 14.6. The van der Waals surface area contributed by atoms with E-state index >= 15 is 0 Å². The highest BCUT2D eigenvalue weighted by Crippen LogP contribution is 2.26. The Kier molecular flexibility index (Phi) is 4.52. The van der Waals surface area contributed by atoms with Gasteiger partial charge in [0.15, 0.2) is 0 Å². The van der Waals surface area contributed by atoms with Crippen molar-refractivity contribution in [1.82, 2.24) is 5.32 Å². The zero-order valence-electron chi connectivity index (χ0n) is 10.7. The Hall–Kier alpha value is -1.31. The lowest BCUT2D eigenvalue weighted by Crippen LogP contribution is -2.40. The van der Waals surface area contributed by atoms with Crippen molar-refractivity contribution in [2.24, 2.45) is 0 Å². The highest BCUT2D eigenvalue weighted by molar-refractivity contribution is 5.33. The number of para-hydroxylation sites is 1. The van der Waals surface area contributed by atoms with E-state index in [-0.39, 0.29) is 25.4 Å². The molecule has 0 radical (unpaired) electrons. The van der Waals surface area contributed by atoms with E-state index in [1.165, 1.54) is 12.1 Å². The number of halogens is 3. The van der Waals surface area contributed by atoms with Gasteiger partial charge in [-0.3, -0.25) is 0 Å².